The van der Waals surface area contributed by atoms with Crippen molar-refractivity contribution in [1.29, 1.82) is 0 Å². The Morgan fingerprint density at radius 1 is 1.15 bits per heavy atom. The summed E-state index contributed by atoms with van der Waals surface area (Å²) in [5.41, 5.74) is 0. The number of hydrogen-bond acceptors (Lipinski definition) is 3. The second-order valence-corrected chi connectivity index (χ2v) is 2.82. The van der Waals surface area contributed by atoms with Gasteiger partial charge in [-0.2, -0.15) is 0 Å². The van der Waals surface area contributed by atoms with E-state index in [1.54, 1.807) is 14.2 Å². The molecule has 0 amide bonds. The average Bonchev–Trinajstić information content (AvgIpc) is 2.17. The van der Waals surface area contributed by atoms with E-state index in [2.05, 4.69) is 6.08 Å². The summed E-state index contributed by atoms with van der Waals surface area (Å²) in [4.78, 5) is 0. The van der Waals surface area contributed by atoms with Crippen molar-refractivity contribution in [2.45, 2.75) is 32.0 Å². The van der Waals surface area contributed by atoms with Gasteiger partial charge in [-0.3, -0.25) is 0 Å². The molecule has 1 N–H and O–H groups in total. The predicted molar refractivity (Wildman–Crippen MR) is 52.5 cm³/mol. The molecule has 0 atom stereocenters. The van der Waals surface area contributed by atoms with E-state index in [1.807, 2.05) is 6.08 Å². The molecule has 13 heavy (non-hydrogen) atoms. The Morgan fingerprint density at radius 3 is 2.31 bits per heavy atom. The molecule has 3 nitrogen and oxygen atoms in total. The van der Waals surface area contributed by atoms with E-state index in [0.717, 1.165) is 25.7 Å². The number of unbranched alkanes of at least 4 members (excludes halogenated alkanes) is 1. The summed E-state index contributed by atoms with van der Waals surface area (Å²) < 4.78 is 10.1. The maximum Gasteiger partial charge on any atom is 0.156 e. The molecule has 3 heteroatoms. The van der Waals surface area contributed by atoms with E-state index in [1.165, 1.54) is 0 Å². The minimum Gasteiger partial charge on any atom is -0.396 e. The summed E-state index contributed by atoms with van der Waals surface area (Å²) in [7, 11) is 3.30. The molecule has 0 saturated carbocycles. The number of allylic oxidation sites excluding steroid dienone is 1. The molecule has 0 aromatic heterocycles. The van der Waals surface area contributed by atoms with Crippen LogP contribution in [-0.4, -0.2) is 32.2 Å². The maximum atomic E-state index is 8.50. The summed E-state index contributed by atoms with van der Waals surface area (Å²) in [6.07, 6.45) is 7.73. The summed E-state index contributed by atoms with van der Waals surface area (Å²) in [6, 6.07) is 0. The molecule has 0 aromatic carbocycles. The molecule has 0 aromatic rings. The Labute approximate surface area is 80.4 Å². The second kappa shape index (κ2) is 9.71. The smallest absolute Gasteiger partial charge is 0.156 e. The molecule has 78 valence electrons. The van der Waals surface area contributed by atoms with Crippen LogP contribution >= 0.6 is 0 Å². The number of rotatable bonds is 8. The zero-order chi connectivity index (χ0) is 9.94. The van der Waals surface area contributed by atoms with Crippen LogP contribution in [0.2, 0.25) is 0 Å². The van der Waals surface area contributed by atoms with Crippen molar-refractivity contribution in [2.75, 3.05) is 20.8 Å². The lowest BCUT2D eigenvalue weighted by molar-refractivity contribution is -0.106. The fourth-order valence-electron chi connectivity index (χ4n) is 1.04. The van der Waals surface area contributed by atoms with Crippen molar-refractivity contribution < 1.29 is 14.6 Å². The molecule has 0 saturated heterocycles. The minimum absolute atomic E-state index is 0.0776. The number of aliphatic hydroxyl groups excluding tert-OH is 1. The maximum absolute atomic E-state index is 8.50. The third kappa shape index (κ3) is 7.96. The highest BCUT2D eigenvalue weighted by Gasteiger charge is 2.02. The van der Waals surface area contributed by atoms with Gasteiger partial charge >= 0.3 is 0 Å². The van der Waals surface area contributed by atoms with Crippen molar-refractivity contribution in [2.24, 2.45) is 0 Å². The highest BCUT2D eigenvalue weighted by molar-refractivity contribution is 4.80. The van der Waals surface area contributed by atoms with Crippen LogP contribution in [0.4, 0.5) is 0 Å². The van der Waals surface area contributed by atoms with E-state index in [-0.39, 0.29) is 12.9 Å². The minimum atomic E-state index is -0.0776. The Bertz CT molecular complexity index is 119. The van der Waals surface area contributed by atoms with E-state index in [4.69, 9.17) is 14.6 Å². The summed E-state index contributed by atoms with van der Waals surface area (Å²) in [5.74, 6) is 0. The largest absolute Gasteiger partial charge is 0.396 e. The van der Waals surface area contributed by atoms with Gasteiger partial charge in [0.1, 0.15) is 0 Å². The first-order chi connectivity index (χ1) is 6.35. The molecular formula is C10H20O3. The first-order valence-corrected chi connectivity index (χ1v) is 4.66. The Hall–Kier alpha value is -0.380. The van der Waals surface area contributed by atoms with Gasteiger partial charge in [0.25, 0.3) is 0 Å². The highest BCUT2D eigenvalue weighted by atomic mass is 16.7. The quantitative estimate of drug-likeness (QED) is 0.358. The van der Waals surface area contributed by atoms with Crippen LogP contribution in [-0.2, 0) is 9.47 Å². The molecule has 0 spiro atoms. The third-order valence-corrected chi connectivity index (χ3v) is 1.80. The number of methoxy groups -OCH3 is 2. The second-order valence-electron chi connectivity index (χ2n) is 2.82. The molecule has 0 heterocycles. The zero-order valence-electron chi connectivity index (χ0n) is 8.53. The number of ether oxygens (including phenoxy) is 2. The van der Waals surface area contributed by atoms with E-state index >= 15 is 0 Å². The van der Waals surface area contributed by atoms with Crippen LogP contribution in [0.15, 0.2) is 12.2 Å². The zero-order valence-corrected chi connectivity index (χ0v) is 8.53. The lowest BCUT2D eigenvalue weighted by Crippen LogP contribution is -2.12. The lowest BCUT2D eigenvalue weighted by atomic mass is 10.2. The Morgan fingerprint density at radius 2 is 1.77 bits per heavy atom. The van der Waals surface area contributed by atoms with Crippen molar-refractivity contribution in [1.82, 2.24) is 0 Å². The van der Waals surface area contributed by atoms with Gasteiger partial charge in [0.2, 0.25) is 0 Å². The average molecular weight is 188 g/mol. The van der Waals surface area contributed by atoms with Crippen molar-refractivity contribution in [3.63, 3.8) is 0 Å². The Balaban J connectivity index is 3.23. The standard InChI is InChI=1S/C10H20O3/c1-12-10(13-2)8-6-4-3-5-7-9-11/h3,5,10-11H,4,6-9H2,1-2H3/b5-3+. The molecule has 0 rings (SSSR count). The predicted octanol–water partition coefficient (Wildman–Crippen LogP) is 1.71. The van der Waals surface area contributed by atoms with Crippen LogP contribution in [0.1, 0.15) is 25.7 Å². The molecule has 0 fully saturated rings. The first-order valence-electron chi connectivity index (χ1n) is 4.66. The molecule has 0 aliphatic heterocycles. The van der Waals surface area contributed by atoms with Gasteiger partial charge in [0.05, 0.1) is 0 Å². The fourth-order valence-corrected chi connectivity index (χ4v) is 1.04. The topological polar surface area (TPSA) is 38.7 Å². The molecule has 0 aliphatic rings. The van der Waals surface area contributed by atoms with Gasteiger partial charge in [-0.15, -0.1) is 0 Å². The van der Waals surface area contributed by atoms with Crippen LogP contribution in [0.25, 0.3) is 0 Å². The van der Waals surface area contributed by atoms with Gasteiger partial charge in [-0.1, -0.05) is 12.2 Å². The molecular weight excluding hydrogens is 168 g/mol. The molecule has 0 radical (unpaired) electrons. The SMILES string of the molecule is COC(CCC/C=C/CCO)OC. The van der Waals surface area contributed by atoms with Gasteiger partial charge in [-0.25, -0.2) is 0 Å². The van der Waals surface area contributed by atoms with E-state index in [0.29, 0.717) is 0 Å². The van der Waals surface area contributed by atoms with E-state index < -0.39 is 0 Å². The fraction of sp³-hybridized carbons (Fsp3) is 0.800. The molecule has 0 bridgehead atoms. The monoisotopic (exact) mass is 188 g/mol. The van der Waals surface area contributed by atoms with Crippen molar-refractivity contribution >= 4 is 0 Å². The van der Waals surface area contributed by atoms with Crippen LogP contribution in [0.3, 0.4) is 0 Å². The van der Waals surface area contributed by atoms with Crippen LogP contribution in [0.5, 0.6) is 0 Å². The molecule has 0 aliphatic carbocycles. The van der Waals surface area contributed by atoms with Gasteiger partial charge in [0, 0.05) is 20.8 Å². The lowest BCUT2D eigenvalue weighted by Gasteiger charge is -2.11. The van der Waals surface area contributed by atoms with Gasteiger partial charge in [-0.05, 0) is 25.7 Å². The summed E-state index contributed by atoms with van der Waals surface area (Å²) in [5, 5.41) is 8.50. The van der Waals surface area contributed by atoms with Gasteiger partial charge < -0.3 is 14.6 Å². The van der Waals surface area contributed by atoms with Gasteiger partial charge in [0.15, 0.2) is 6.29 Å². The summed E-state index contributed by atoms with van der Waals surface area (Å²) in [6.45, 7) is 0.231. The highest BCUT2D eigenvalue weighted by Crippen LogP contribution is 2.05. The number of aliphatic hydroxyl groups is 1. The van der Waals surface area contributed by atoms with Crippen molar-refractivity contribution in [3.05, 3.63) is 12.2 Å². The normalized spacial score (nSPS) is 11.7. The summed E-state index contributed by atoms with van der Waals surface area (Å²) >= 11 is 0. The Kier molecular flexibility index (Phi) is 9.42. The van der Waals surface area contributed by atoms with E-state index in [9.17, 15) is 0 Å². The van der Waals surface area contributed by atoms with Crippen molar-refractivity contribution in [3.8, 4) is 0 Å². The third-order valence-electron chi connectivity index (χ3n) is 1.80. The van der Waals surface area contributed by atoms with Crippen LogP contribution < -0.4 is 0 Å². The number of hydrogen-bond donors (Lipinski definition) is 1. The molecule has 0 unspecified atom stereocenters. The first kappa shape index (κ1) is 12.6. The van der Waals surface area contributed by atoms with Crippen LogP contribution in [0, 0.1) is 0 Å².